The van der Waals surface area contributed by atoms with Gasteiger partial charge in [0.2, 0.25) is 11.8 Å². The van der Waals surface area contributed by atoms with E-state index in [0.717, 1.165) is 0 Å². The van der Waals surface area contributed by atoms with Crippen molar-refractivity contribution in [3.05, 3.63) is 18.2 Å². The van der Waals surface area contributed by atoms with E-state index in [0.29, 0.717) is 37.9 Å². The largest absolute Gasteiger partial charge is 0.383 e. The molecule has 3 N–H and O–H groups in total. The van der Waals surface area contributed by atoms with Crippen molar-refractivity contribution in [2.75, 3.05) is 50.5 Å². The number of anilines is 2. The van der Waals surface area contributed by atoms with E-state index in [1.54, 1.807) is 20.1 Å². The first kappa shape index (κ1) is 23.3. The molecule has 0 bridgehead atoms. The Hall–Kier alpha value is -3.02. The van der Waals surface area contributed by atoms with Crippen LogP contribution in [0.2, 0.25) is 0 Å². The Kier molecular flexibility index (Phi) is 9.19. The highest BCUT2D eigenvalue weighted by atomic mass is 32.2. The maximum Gasteiger partial charge on any atom is 0.241 e. The van der Waals surface area contributed by atoms with E-state index in [-0.39, 0.29) is 12.5 Å². The lowest BCUT2D eigenvalue weighted by molar-refractivity contribution is -0.131. The summed E-state index contributed by atoms with van der Waals surface area (Å²) >= 11 is 1.27. The van der Waals surface area contributed by atoms with Crippen molar-refractivity contribution in [2.24, 2.45) is 5.92 Å². The predicted octanol–water partition coefficient (Wildman–Crippen LogP) is 0.621. The molecular formula is C19H25N7O3S. The Morgan fingerprint density at radius 3 is 2.73 bits per heavy atom. The molecule has 1 aromatic rings. The molecule has 0 aliphatic carbocycles. The average Bonchev–Trinajstić information content (AvgIpc) is 3.06. The van der Waals surface area contributed by atoms with Crippen molar-refractivity contribution >= 4 is 35.2 Å². The minimum atomic E-state index is -1.05. The van der Waals surface area contributed by atoms with E-state index in [1.807, 2.05) is 24.3 Å². The first-order valence-electron chi connectivity index (χ1n) is 9.49. The molecule has 1 aliphatic heterocycles. The molecule has 1 aromatic heterocycles. The summed E-state index contributed by atoms with van der Waals surface area (Å²) in [5.41, 5.74) is 0. The van der Waals surface area contributed by atoms with E-state index < -0.39 is 22.4 Å². The second kappa shape index (κ2) is 11.9. The van der Waals surface area contributed by atoms with Crippen LogP contribution in [0.25, 0.3) is 0 Å². The third-order valence-corrected chi connectivity index (χ3v) is 5.89. The van der Waals surface area contributed by atoms with Gasteiger partial charge in [0.1, 0.15) is 28.8 Å². The molecule has 10 nitrogen and oxygen atoms in total. The molecule has 0 spiro atoms. The normalized spacial score (nSPS) is 18.9. The molecular weight excluding hydrogens is 406 g/mol. The van der Waals surface area contributed by atoms with Gasteiger partial charge in [0.05, 0.1) is 18.7 Å². The average molecular weight is 432 g/mol. The maximum atomic E-state index is 12.8. The molecule has 0 saturated carbocycles. The summed E-state index contributed by atoms with van der Waals surface area (Å²) in [4.78, 5) is 31.0. The molecule has 0 radical (unpaired) electrons. The number of nitriles is 2. The Labute approximate surface area is 180 Å². The van der Waals surface area contributed by atoms with Crippen LogP contribution in [0.15, 0.2) is 18.2 Å². The number of rotatable bonds is 11. The zero-order valence-electron chi connectivity index (χ0n) is 16.9. The van der Waals surface area contributed by atoms with Crippen LogP contribution in [0.1, 0.15) is 6.92 Å². The highest BCUT2D eigenvalue weighted by molar-refractivity contribution is 8.01. The number of amides is 2. The Bertz CT molecular complexity index is 823. The monoisotopic (exact) mass is 431 g/mol. The summed E-state index contributed by atoms with van der Waals surface area (Å²) in [5.74, 6) is -0.436. The van der Waals surface area contributed by atoms with Gasteiger partial charge in [0, 0.05) is 26.7 Å². The lowest BCUT2D eigenvalue weighted by Crippen LogP contribution is -2.44. The number of carbonyl (C=O) groups excluding carboxylic acids is 2. The Balaban J connectivity index is 2.01. The minimum absolute atomic E-state index is 0.136. The predicted molar refractivity (Wildman–Crippen MR) is 113 cm³/mol. The van der Waals surface area contributed by atoms with Gasteiger partial charge in [-0.15, -0.1) is 11.8 Å². The zero-order chi connectivity index (χ0) is 21.9. The summed E-state index contributed by atoms with van der Waals surface area (Å²) < 4.78 is 5.00. The van der Waals surface area contributed by atoms with Gasteiger partial charge in [-0.2, -0.15) is 10.5 Å². The number of hydrogen-bond donors (Lipinski definition) is 3. The molecule has 160 valence electrons. The van der Waals surface area contributed by atoms with Crippen LogP contribution in [-0.4, -0.2) is 72.2 Å². The smallest absolute Gasteiger partial charge is 0.241 e. The molecule has 2 rings (SSSR count). The molecule has 1 aliphatic rings. The number of methoxy groups -OCH3 is 1. The van der Waals surface area contributed by atoms with Crippen LogP contribution in [0.4, 0.5) is 11.6 Å². The van der Waals surface area contributed by atoms with Gasteiger partial charge in [-0.05, 0) is 19.1 Å². The van der Waals surface area contributed by atoms with Gasteiger partial charge in [-0.3, -0.25) is 9.59 Å². The number of aromatic nitrogens is 1. The van der Waals surface area contributed by atoms with Crippen molar-refractivity contribution in [3.63, 3.8) is 0 Å². The highest BCUT2D eigenvalue weighted by Gasteiger charge is 2.45. The zero-order valence-corrected chi connectivity index (χ0v) is 17.7. The van der Waals surface area contributed by atoms with Gasteiger partial charge in [0.25, 0.3) is 0 Å². The summed E-state index contributed by atoms with van der Waals surface area (Å²) in [5, 5.41) is 25.8. The van der Waals surface area contributed by atoms with Gasteiger partial charge < -0.3 is 25.6 Å². The number of nitrogens with zero attached hydrogens (tertiary/aromatic N) is 4. The Morgan fingerprint density at radius 1 is 1.37 bits per heavy atom. The van der Waals surface area contributed by atoms with Gasteiger partial charge in [-0.25, -0.2) is 4.98 Å². The third-order valence-electron chi connectivity index (χ3n) is 4.39. The lowest BCUT2D eigenvalue weighted by atomic mass is 10.1. The molecule has 3 atom stereocenters. The van der Waals surface area contributed by atoms with E-state index in [1.165, 1.54) is 16.7 Å². The SMILES string of the molecule is CCN1C(=O)C(CNc2cccc(NCCOC)n2)SC1C(C#N)C(=O)NCC#N. The lowest BCUT2D eigenvalue weighted by Gasteiger charge is -2.24. The summed E-state index contributed by atoms with van der Waals surface area (Å²) in [6.45, 7) is 3.50. The van der Waals surface area contributed by atoms with Gasteiger partial charge >= 0.3 is 0 Å². The topological polar surface area (TPSA) is 143 Å². The molecule has 1 fully saturated rings. The van der Waals surface area contributed by atoms with Crippen LogP contribution >= 0.6 is 11.8 Å². The summed E-state index contributed by atoms with van der Waals surface area (Å²) in [6.07, 6.45) is 0. The number of ether oxygens (including phenoxy) is 1. The molecule has 1 saturated heterocycles. The molecule has 11 heteroatoms. The van der Waals surface area contributed by atoms with E-state index in [2.05, 4.69) is 20.9 Å². The van der Waals surface area contributed by atoms with Crippen LogP contribution in [0.5, 0.6) is 0 Å². The fraction of sp³-hybridized carbons (Fsp3) is 0.526. The van der Waals surface area contributed by atoms with Crippen LogP contribution in [0, 0.1) is 28.6 Å². The molecule has 0 aromatic carbocycles. The number of thioether (sulfide) groups is 1. The number of nitrogens with one attached hydrogen (secondary N) is 3. The number of carbonyl (C=O) groups is 2. The van der Waals surface area contributed by atoms with Crippen molar-refractivity contribution in [3.8, 4) is 12.1 Å². The first-order valence-corrected chi connectivity index (χ1v) is 10.4. The Morgan fingerprint density at radius 2 is 2.10 bits per heavy atom. The number of hydrogen-bond acceptors (Lipinski definition) is 9. The van der Waals surface area contributed by atoms with Crippen molar-refractivity contribution in [1.29, 1.82) is 10.5 Å². The summed E-state index contributed by atoms with van der Waals surface area (Å²) in [7, 11) is 1.63. The van der Waals surface area contributed by atoms with E-state index >= 15 is 0 Å². The second-order valence-corrected chi connectivity index (χ2v) is 7.65. The van der Waals surface area contributed by atoms with E-state index in [4.69, 9.17) is 10.00 Å². The third kappa shape index (κ3) is 5.99. The van der Waals surface area contributed by atoms with Crippen molar-refractivity contribution in [1.82, 2.24) is 15.2 Å². The fourth-order valence-corrected chi connectivity index (χ4v) is 4.45. The molecule has 2 amide bonds. The first-order chi connectivity index (χ1) is 14.5. The quantitative estimate of drug-likeness (QED) is 0.339. The van der Waals surface area contributed by atoms with Gasteiger partial charge in [0.15, 0.2) is 5.92 Å². The molecule has 30 heavy (non-hydrogen) atoms. The standard InChI is InChI=1S/C19H25N7O3S/c1-3-26-18(28)14(30-19(26)13(11-21)17(27)23-8-7-20)12-24-16-6-4-5-15(25-16)22-9-10-29-2/h4-6,13-14,19H,3,8-10,12H2,1-2H3,(H,23,27)(H2,22,24,25). The van der Waals surface area contributed by atoms with Crippen LogP contribution < -0.4 is 16.0 Å². The molecule has 3 unspecified atom stereocenters. The fourth-order valence-electron chi connectivity index (χ4n) is 2.94. The summed E-state index contributed by atoms with van der Waals surface area (Å²) in [6, 6.07) is 9.27. The van der Waals surface area contributed by atoms with E-state index in [9.17, 15) is 14.9 Å². The highest BCUT2D eigenvalue weighted by Crippen LogP contribution is 2.36. The van der Waals surface area contributed by atoms with Crippen molar-refractivity contribution in [2.45, 2.75) is 17.5 Å². The maximum absolute atomic E-state index is 12.8. The van der Waals surface area contributed by atoms with Crippen molar-refractivity contribution < 1.29 is 14.3 Å². The van der Waals surface area contributed by atoms with Crippen LogP contribution in [0.3, 0.4) is 0 Å². The minimum Gasteiger partial charge on any atom is -0.383 e. The van der Waals surface area contributed by atoms with Gasteiger partial charge in [-0.1, -0.05) is 6.07 Å². The van der Waals surface area contributed by atoms with Crippen LogP contribution in [-0.2, 0) is 14.3 Å². The second-order valence-electron chi connectivity index (χ2n) is 6.33. The number of pyridine rings is 1. The molecule has 2 heterocycles.